The van der Waals surface area contributed by atoms with Crippen LogP contribution >= 0.6 is 0 Å². The van der Waals surface area contributed by atoms with Gasteiger partial charge in [-0.05, 0) is 12.8 Å². The fourth-order valence-electron chi connectivity index (χ4n) is 0.915. The van der Waals surface area contributed by atoms with E-state index >= 15 is 0 Å². The Kier molecular flexibility index (Phi) is 5.60. The van der Waals surface area contributed by atoms with Crippen LogP contribution in [0.25, 0.3) is 0 Å². The molecule has 0 aliphatic rings. The lowest BCUT2D eigenvalue weighted by atomic mass is 10.0. The molecular weight excluding hydrogens is 182 g/mol. The minimum Gasteiger partial charge on any atom is -0.478 e. The van der Waals surface area contributed by atoms with Crippen LogP contribution in [0.15, 0.2) is 12.2 Å². The lowest BCUT2D eigenvalue weighted by molar-refractivity contribution is -0.131. The van der Waals surface area contributed by atoms with Crippen molar-refractivity contribution >= 4 is 11.9 Å². The molecule has 0 bridgehead atoms. The van der Waals surface area contributed by atoms with Crippen LogP contribution in [-0.4, -0.2) is 23.0 Å². The molecule has 0 spiro atoms. The minimum atomic E-state index is -1.11. The summed E-state index contributed by atoms with van der Waals surface area (Å²) in [6, 6.07) is 0.0611. The molecule has 2 atom stereocenters. The van der Waals surface area contributed by atoms with Gasteiger partial charge in [0.15, 0.2) is 0 Å². The molecule has 2 N–H and O–H groups in total. The van der Waals surface area contributed by atoms with E-state index in [9.17, 15) is 9.59 Å². The Morgan fingerprint density at radius 3 is 2.36 bits per heavy atom. The summed E-state index contributed by atoms with van der Waals surface area (Å²) in [5, 5.41) is 11.0. The highest BCUT2D eigenvalue weighted by atomic mass is 16.4. The summed E-state index contributed by atoms with van der Waals surface area (Å²) in [5.41, 5.74) is 0. The van der Waals surface area contributed by atoms with E-state index < -0.39 is 5.97 Å². The van der Waals surface area contributed by atoms with E-state index in [1.54, 1.807) is 0 Å². The Morgan fingerprint density at radius 1 is 1.36 bits per heavy atom. The van der Waals surface area contributed by atoms with Crippen molar-refractivity contribution < 1.29 is 14.7 Å². The molecule has 0 aromatic heterocycles. The maximum atomic E-state index is 11.1. The van der Waals surface area contributed by atoms with Crippen LogP contribution in [0.5, 0.6) is 0 Å². The first-order valence-corrected chi connectivity index (χ1v) is 4.68. The van der Waals surface area contributed by atoms with E-state index in [1.165, 1.54) is 0 Å². The number of carboxylic acids is 1. The molecule has 80 valence electrons. The quantitative estimate of drug-likeness (QED) is 0.653. The van der Waals surface area contributed by atoms with Crippen molar-refractivity contribution in [3.8, 4) is 0 Å². The molecule has 0 aliphatic heterocycles. The Labute approximate surface area is 84.0 Å². The minimum absolute atomic E-state index is 0.0611. The smallest absolute Gasteiger partial charge is 0.328 e. The molecule has 2 unspecified atom stereocenters. The van der Waals surface area contributed by atoms with Crippen molar-refractivity contribution in [2.45, 2.75) is 33.2 Å². The van der Waals surface area contributed by atoms with Crippen LogP contribution in [0.4, 0.5) is 0 Å². The summed E-state index contributed by atoms with van der Waals surface area (Å²) in [5.74, 6) is -1.09. The Morgan fingerprint density at radius 2 is 1.93 bits per heavy atom. The Balaban J connectivity index is 4.00. The number of nitrogens with one attached hydrogen (secondary N) is 1. The van der Waals surface area contributed by atoms with Crippen molar-refractivity contribution in [3.63, 3.8) is 0 Å². The molecule has 0 radical (unpaired) electrons. The van der Waals surface area contributed by atoms with Crippen LogP contribution in [-0.2, 0) is 9.59 Å². The van der Waals surface area contributed by atoms with E-state index in [0.29, 0.717) is 5.92 Å². The van der Waals surface area contributed by atoms with Gasteiger partial charge in [0.05, 0.1) is 0 Å². The summed E-state index contributed by atoms with van der Waals surface area (Å²) in [4.78, 5) is 21.2. The molecule has 0 saturated heterocycles. The summed E-state index contributed by atoms with van der Waals surface area (Å²) >= 11 is 0. The SMILES string of the molecule is CCC(C)C(C)NC(=O)/C=C/C(=O)O. The van der Waals surface area contributed by atoms with Crippen LogP contribution in [0, 0.1) is 5.92 Å². The molecule has 0 fully saturated rings. The van der Waals surface area contributed by atoms with E-state index in [0.717, 1.165) is 18.6 Å². The largest absolute Gasteiger partial charge is 0.478 e. The summed E-state index contributed by atoms with van der Waals surface area (Å²) in [7, 11) is 0. The average Bonchev–Trinajstić information content (AvgIpc) is 2.13. The molecular formula is C10H17NO3. The third kappa shape index (κ3) is 5.35. The molecule has 0 aromatic rings. The Hall–Kier alpha value is -1.32. The van der Waals surface area contributed by atoms with Crippen LogP contribution in [0.2, 0.25) is 0 Å². The normalized spacial score (nSPS) is 15.1. The van der Waals surface area contributed by atoms with Gasteiger partial charge in [0.2, 0.25) is 5.91 Å². The van der Waals surface area contributed by atoms with Gasteiger partial charge in [0.25, 0.3) is 0 Å². The standard InChI is InChI=1S/C10H17NO3/c1-4-7(2)8(3)11-9(12)5-6-10(13)14/h5-8H,4H2,1-3H3,(H,11,12)(H,13,14)/b6-5+. The monoisotopic (exact) mass is 199 g/mol. The lowest BCUT2D eigenvalue weighted by Gasteiger charge is -2.18. The van der Waals surface area contributed by atoms with Gasteiger partial charge in [-0.3, -0.25) is 4.79 Å². The zero-order valence-corrected chi connectivity index (χ0v) is 8.78. The van der Waals surface area contributed by atoms with Gasteiger partial charge in [-0.25, -0.2) is 4.79 Å². The van der Waals surface area contributed by atoms with Gasteiger partial charge < -0.3 is 10.4 Å². The fourth-order valence-corrected chi connectivity index (χ4v) is 0.915. The van der Waals surface area contributed by atoms with E-state index in [4.69, 9.17) is 5.11 Å². The number of carbonyl (C=O) groups excluding carboxylic acids is 1. The predicted octanol–water partition coefficient (Wildman–Crippen LogP) is 1.18. The number of hydrogen-bond donors (Lipinski definition) is 2. The Bertz CT molecular complexity index is 236. The number of carbonyl (C=O) groups is 2. The summed E-state index contributed by atoms with van der Waals surface area (Å²) in [6.45, 7) is 5.98. The fraction of sp³-hybridized carbons (Fsp3) is 0.600. The van der Waals surface area contributed by atoms with Gasteiger partial charge in [-0.2, -0.15) is 0 Å². The zero-order valence-electron chi connectivity index (χ0n) is 8.78. The molecule has 0 rings (SSSR count). The zero-order chi connectivity index (χ0) is 11.1. The lowest BCUT2D eigenvalue weighted by Crippen LogP contribution is -2.35. The summed E-state index contributed by atoms with van der Waals surface area (Å²) < 4.78 is 0. The number of rotatable bonds is 5. The van der Waals surface area contributed by atoms with Crippen LogP contribution in [0.3, 0.4) is 0 Å². The second-order valence-corrected chi connectivity index (χ2v) is 3.35. The van der Waals surface area contributed by atoms with E-state index in [1.807, 2.05) is 20.8 Å². The van der Waals surface area contributed by atoms with Gasteiger partial charge in [0.1, 0.15) is 0 Å². The highest BCUT2D eigenvalue weighted by Gasteiger charge is 2.11. The van der Waals surface area contributed by atoms with Gasteiger partial charge in [0, 0.05) is 18.2 Å². The highest BCUT2D eigenvalue weighted by Crippen LogP contribution is 2.06. The molecule has 14 heavy (non-hydrogen) atoms. The number of hydrogen-bond acceptors (Lipinski definition) is 2. The highest BCUT2D eigenvalue weighted by molar-refractivity contribution is 5.93. The van der Waals surface area contributed by atoms with Crippen molar-refractivity contribution in [1.29, 1.82) is 0 Å². The van der Waals surface area contributed by atoms with E-state index in [2.05, 4.69) is 5.32 Å². The topological polar surface area (TPSA) is 66.4 Å². The molecule has 4 nitrogen and oxygen atoms in total. The second-order valence-electron chi connectivity index (χ2n) is 3.35. The first kappa shape index (κ1) is 12.7. The van der Waals surface area contributed by atoms with Crippen LogP contribution < -0.4 is 5.32 Å². The molecule has 1 amide bonds. The third-order valence-electron chi connectivity index (χ3n) is 2.24. The molecule has 4 heteroatoms. The molecule has 0 saturated carbocycles. The molecule has 0 heterocycles. The third-order valence-corrected chi connectivity index (χ3v) is 2.24. The summed E-state index contributed by atoms with van der Waals surface area (Å²) in [6.07, 6.45) is 2.84. The van der Waals surface area contributed by atoms with Gasteiger partial charge >= 0.3 is 5.97 Å². The molecule has 0 aromatic carbocycles. The number of carboxylic acid groups (broad SMARTS) is 1. The average molecular weight is 199 g/mol. The second kappa shape index (κ2) is 6.18. The number of aliphatic carboxylic acids is 1. The first-order valence-electron chi connectivity index (χ1n) is 4.68. The predicted molar refractivity (Wildman–Crippen MR) is 53.8 cm³/mol. The van der Waals surface area contributed by atoms with Crippen molar-refractivity contribution in [2.24, 2.45) is 5.92 Å². The van der Waals surface area contributed by atoms with Gasteiger partial charge in [-0.15, -0.1) is 0 Å². The first-order chi connectivity index (χ1) is 6.47. The molecule has 0 aliphatic carbocycles. The maximum Gasteiger partial charge on any atom is 0.328 e. The van der Waals surface area contributed by atoms with Crippen molar-refractivity contribution in [3.05, 3.63) is 12.2 Å². The van der Waals surface area contributed by atoms with Crippen LogP contribution in [0.1, 0.15) is 27.2 Å². The van der Waals surface area contributed by atoms with Crippen molar-refractivity contribution in [2.75, 3.05) is 0 Å². The van der Waals surface area contributed by atoms with Crippen molar-refractivity contribution in [1.82, 2.24) is 5.32 Å². The number of amides is 1. The van der Waals surface area contributed by atoms with E-state index in [-0.39, 0.29) is 11.9 Å². The maximum absolute atomic E-state index is 11.1. The van der Waals surface area contributed by atoms with Gasteiger partial charge in [-0.1, -0.05) is 20.3 Å².